The highest BCUT2D eigenvalue weighted by Gasteiger charge is 2.20. The molecule has 1 rings (SSSR count). The zero-order chi connectivity index (χ0) is 11.8. The van der Waals surface area contributed by atoms with Gasteiger partial charge in [0.25, 0.3) is 0 Å². The maximum Gasteiger partial charge on any atom is 0.314 e. The monoisotopic (exact) mass is 221 g/mol. The summed E-state index contributed by atoms with van der Waals surface area (Å²) in [6.07, 6.45) is 1.06. The van der Waals surface area contributed by atoms with Crippen LogP contribution in [0.4, 0.5) is 0 Å². The smallest absolute Gasteiger partial charge is 0.314 e. The quantitative estimate of drug-likeness (QED) is 0.589. The van der Waals surface area contributed by atoms with E-state index in [4.69, 9.17) is 4.74 Å². The van der Waals surface area contributed by atoms with Gasteiger partial charge in [0.2, 0.25) is 0 Å². The lowest BCUT2D eigenvalue weighted by molar-refractivity contribution is -0.142. The van der Waals surface area contributed by atoms with E-state index in [0.717, 1.165) is 18.5 Å². The number of methoxy groups -OCH3 is 1. The van der Waals surface area contributed by atoms with E-state index in [9.17, 15) is 4.79 Å². The summed E-state index contributed by atoms with van der Waals surface area (Å²) >= 11 is 0. The van der Waals surface area contributed by atoms with E-state index in [1.54, 1.807) is 0 Å². The van der Waals surface area contributed by atoms with Crippen LogP contribution in [0.2, 0.25) is 0 Å². The summed E-state index contributed by atoms with van der Waals surface area (Å²) < 4.78 is 4.82. The summed E-state index contributed by atoms with van der Waals surface area (Å²) in [5, 5.41) is 3.25. The van der Waals surface area contributed by atoms with E-state index in [1.165, 1.54) is 7.11 Å². The first kappa shape index (κ1) is 12.7. The molecule has 0 aliphatic carbocycles. The van der Waals surface area contributed by atoms with E-state index in [2.05, 4.69) is 12.2 Å². The molecule has 0 aliphatic heterocycles. The predicted octanol–water partition coefficient (Wildman–Crippen LogP) is 1.94. The van der Waals surface area contributed by atoms with Crippen molar-refractivity contribution in [2.45, 2.75) is 19.3 Å². The summed E-state index contributed by atoms with van der Waals surface area (Å²) in [7, 11) is 1.43. The van der Waals surface area contributed by atoms with Crippen LogP contribution in [0.25, 0.3) is 0 Å². The molecule has 1 N–H and O–H groups in total. The van der Waals surface area contributed by atoms with Crippen molar-refractivity contribution in [1.82, 2.24) is 5.32 Å². The van der Waals surface area contributed by atoms with E-state index in [1.807, 2.05) is 30.3 Å². The van der Waals surface area contributed by atoms with Crippen molar-refractivity contribution in [3.63, 3.8) is 0 Å². The first-order valence-corrected chi connectivity index (χ1v) is 5.63. The largest absolute Gasteiger partial charge is 0.469 e. The predicted molar refractivity (Wildman–Crippen MR) is 64.4 cm³/mol. The minimum absolute atomic E-state index is 0.185. The van der Waals surface area contributed by atoms with Crippen LogP contribution in [0.15, 0.2) is 30.3 Å². The molecule has 0 aliphatic rings. The number of hydrogen-bond donors (Lipinski definition) is 1. The van der Waals surface area contributed by atoms with Gasteiger partial charge in [0.1, 0.15) is 0 Å². The molecule has 1 aromatic carbocycles. The van der Waals surface area contributed by atoms with Gasteiger partial charge in [-0.05, 0) is 18.5 Å². The second kappa shape index (κ2) is 7.01. The summed E-state index contributed by atoms with van der Waals surface area (Å²) in [4.78, 5) is 11.6. The third-order valence-corrected chi connectivity index (χ3v) is 2.46. The summed E-state index contributed by atoms with van der Waals surface area (Å²) in [5.74, 6) is -0.396. The van der Waals surface area contributed by atoms with Crippen LogP contribution < -0.4 is 5.32 Å². The molecule has 88 valence electrons. The molecule has 0 fully saturated rings. The highest BCUT2D eigenvalue weighted by molar-refractivity contribution is 5.78. The third kappa shape index (κ3) is 3.66. The van der Waals surface area contributed by atoms with Gasteiger partial charge < -0.3 is 10.1 Å². The van der Waals surface area contributed by atoms with Gasteiger partial charge in [-0.15, -0.1) is 0 Å². The molecule has 1 atom stereocenters. The number of hydrogen-bond acceptors (Lipinski definition) is 3. The minimum atomic E-state index is -0.210. The number of carbonyl (C=O) groups is 1. The average molecular weight is 221 g/mol. The van der Waals surface area contributed by atoms with Crippen molar-refractivity contribution in [2.24, 2.45) is 0 Å². The molecule has 0 saturated heterocycles. The Kier molecular flexibility index (Phi) is 5.57. The molecule has 1 unspecified atom stereocenters. The zero-order valence-corrected chi connectivity index (χ0v) is 9.90. The Balaban J connectivity index is 2.68. The van der Waals surface area contributed by atoms with Crippen LogP contribution in [-0.4, -0.2) is 26.2 Å². The Bertz CT molecular complexity index is 311. The molecule has 0 heterocycles. The molecular formula is C13H19NO2. The molecule has 0 bridgehead atoms. The fraction of sp³-hybridized carbons (Fsp3) is 0.462. The van der Waals surface area contributed by atoms with Gasteiger partial charge in [-0.2, -0.15) is 0 Å². The highest BCUT2D eigenvalue weighted by Crippen LogP contribution is 2.15. The summed E-state index contributed by atoms with van der Waals surface area (Å²) in [6.45, 7) is 3.65. The molecule has 16 heavy (non-hydrogen) atoms. The second-order valence-electron chi connectivity index (χ2n) is 3.69. The first-order valence-electron chi connectivity index (χ1n) is 5.63. The zero-order valence-electron chi connectivity index (χ0n) is 9.90. The van der Waals surface area contributed by atoms with Crippen LogP contribution in [0.3, 0.4) is 0 Å². The van der Waals surface area contributed by atoms with Crippen molar-refractivity contribution in [2.75, 3.05) is 20.2 Å². The maximum atomic E-state index is 11.6. The van der Waals surface area contributed by atoms with Crippen molar-refractivity contribution < 1.29 is 9.53 Å². The third-order valence-electron chi connectivity index (χ3n) is 2.46. The summed E-state index contributed by atoms with van der Waals surface area (Å²) in [6, 6.07) is 9.72. The molecule has 0 radical (unpaired) electrons. The van der Waals surface area contributed by atoms with E-state index in [0.29, 0.717) is 6.54 Å². The summed E-state index contributed by atoms with van der Waals surface area (Å²) in [5.41, 5.74) is 0.998. The van der Waals surface area contributed by atoms with Gasteiger partial charge in [0.15, 0.2) is 0 Å². The van der Waals surface area contributed by atoms with Crippen molar-refractivity contribution in [1.29, 1.82) is 0 Å². The van der Waals surface area contributed by atoms with E-state index in [-0.39, 0.29) is 11.9 Å². The van der Waals surface area contributed by atoms with Crippen LogP contribution in [-0.2, 0) is 9.53 Å². The van der Waals surface area contributed by atoms with Crippen LogP contribution >= 0.6 is 0 Å². The second-order valence-corrected chi connectivity index (χ2v) is 3.69. The van der Waals surface area contributed by atoms with Gasteiger partial charge in [0.05, 0.1) is 13.0 Å². The Hall–Kier alpha value is -1.35. The fourth-order valence-electron chi connectivity index (χ4n) is 1.59. The number of nitrogens with one attached hydrogen (secondary N) is 1. The van der Waals surface area contributed by atoms with Crippen molar-refractivity contribution in [3.05, 3.63) is 35.9 Å². The molecular weight excluding hydrogens is 202 g/mol. The lowest BCUT2D eigenvalue weighted by atomic mass is 9.99. The molecule has 3 nitrogen and oxygen atoms in total. The lowest BCUT2D eigenvalue weighted by Gasteiger charge is -2.15. The van der Waals surface area contributed by atoms with E-state index >= 15 is 0 Å². The average Bonchev–Trinajstić information content (AvgIpc) is 2.35. The van der Waals surface area contributed by atoms with E-state index < -0.39 is 0 Å². The number of esters is 1. The SMILES string of the molecule is CCCNCC(C(=O)OC)c1ccccc1. The van der Waals surface area contributed by atoms with Crippen LogP contribution in [0, 0.1) is 0 Å². The Morgan fingerprint density at radius 3 is 2.62 bits per heavy atom. The first-order chi connectivity index (χ1) is 7.79. The lowest BCUT2D eigenvalue weighted by Crippen LogP contribution is -2.28. The Morgan fingerprint density at radius 2 is 2.06 bits per heavy atom. The van der Waals surface area contributed by atoms with Crippen LogP contribution in [0.1, 0.15) is 24.8 Å². The number of ether oxygens (including phenoxy) is 1. The molecule has 0 amide bonds. The van der Waals surface area contributed by atoms with Gasteiger partial charge >= 0.3 is 5.97 Å². The minimum Gasteiger partial charge on any atom is -0.469 e. The van der Waals surface area contributed by atoms with Gasteiger partial charge in [-0.25, -0.2) is 0 Å². The molecule has 1 aromatic rings. The highest BCUT2D eigenvalue weighted by atomic mass is 16.5. The Labute approximate surface area is 96.8 Å². The standard InChI is InChI=1S/C13H19NO2/c1-3-9-14-10-12(13(15)16-2)11-7-5-4-6-8-11/h4-8,12,14H,3,9-10H2,1-2H3. The number of rotatable bonds is 6. The molecule has 0 saturated carbocycles. The van der Waals surface area contributed by atoms with Gasteiger partial charge in [-0.1, -0.05) is 37.3 Å². The van der Waals surface area contributed by atoms with Crippen molar-refractivity contribution in [3.8, 4) is 0 Å². The number of benzene rings is 1. The fourth-order valence-corrected chi connectivity index (χ4v) is 1.59. The molecule has 0 spiro atoms. The molecule has 0 aromatic heterocycles. The van der Waals surface area contributed by atoms with Crippen molar-refractivity contribution >= 4 is 5.97 Å². The topological polar surface area (TPSA) is 38.3 Å². The molecule has 3 heteroatoms. The Morgan fingerprint density at radius 1 is 1.38 bits per heavy atom. The number of carbonyl (C=O) groups excluding carboxylic acids is 1. The van der Waals surface area contributed by atoms with Crippen LogP contribution in [0.5, 0.6) is 0 Å². The van der Waals surface area contributed by atoms with Gasteiger partial charge in [-0.3, -0.25) is 4.79 Å². The van der Waals surface area contributed by atoms with Gasteiger partial charge in [0, 0.05) is 6.54 Å². The normalized spacial score (nSPS) is 12.1. The maximum absolute atomic E-state index is 11.6.